The number of ether oxygens (including phenoxy) is 2. The van der Waals surface area contributed by atoms with Crippen molar-refractivity contribution in [3.05, 3.63) is 23.9 Å². The van der Waals surface area contributed by atoms with Gasteiger partial charge in [-0.25, -0.2) is 18.1 Å². The molecule has 0 aromatic carbocycles. The molecule has 1 aromatic rings. The molecule has 4 aliphatic rings. The van der Waals surface area contributed by atoms with Crippen LogP contribution in [0.2, 0.25) is 0 Å². The van der Waals surface area contributed by atoms with Gasteiger partial charge in [0.15, 0.2) is 6.61 Å². The molecule has 1 aliphatic carbocycles. The van der Waals surface area contributed by atoms with Crippen LogP contribution in [0.25, 0.3) is 0 Å². The molecule has 1 N–H and O–H groups in total. The Morgan fingerprint density at radius 1 is 1.21 bits per heavy atom. The van der Waals surface area contributed by atoms with E-state index in [2.05, 4.69) is 9.71 Å². The van der Waals surface area contributed by atoms with E-state index in [0.717, 1.165) is 37.5 Å². The van der Waals surface area contributed by atoms with Gasteiger partial charge in [-0.1, -0.05) is 6.07 Å². The summed E-state index contributed by atoms with van der Waals surface area (Å²) in [5.41, 5.74) is 1.06. The maximum absolute atomic E-state index is 12.8. The average molecular weight is 410 g/mol. The van der Waals surface area contributed by atoms with Crippen molar-refractivity contribution in [1.29, 1.82) is 0 Å². The first kappa shape index (κ1) is 19.6. The fourth-order valence-corrected chi connectivity index (χ4v) is 5.43. The number of amides is 1. The quantitative estimate of drug-likeness (QED) is 0.784. The predicted octanol–water partition coefficient (Wildman–Crippen LogP) is 1.04. The van der Waals surface area contributed by atoms with E-state index in [1.54, 1.807) is 11.1 Å². The summed E-state index contributed by atoms with van der Waals surface area (Å²) < 4.78 is 38.1. The number of carbonyl (C=O) groups excluding carboxylic acids is 1. The monoisotopic (exact) mass is 409 g/mol. The maximum atomic E-state index is 12.8. The van der Waals surface area contributed by atoms with E-state index in [9.17, 15) is 13.2 Å². The Morgan fingerprint density at radius 3 is 2.75 bits per heavy atom. The second kappa shape index (κ2) is 7.96. The normalized spacial score (nSPS) is 31.2. The number of hydrogen-bond donors (Lipinski definition) is 1. The molecule has 0 radical (unpaired) electrons. The first-order chi connectivity index (χ1) is 13.4. The van der Waals surface area contributed by atoms with Crippen LogP contribution in [0.4, 0.5) is 0 Å². The lowest BCUT2D eigenvalue weighted by Gasteiger charge is -2.32. The number of sulfonamides is 1. The number of nitrogens with zero attached hydrogens (tertiary/aromatic N) is 2. The molecular weight excluding hydrogens is 382 g/mol. The molecule has 2 atom stereocenters. The lowest BCUT2D eigenvalue weighted by molar-refractivity contribution is -0.136. The fourth-order valence-electron chi connectivity index (χ4n) is 4.60. The third-order valence-electron chi connectivity index (χ3n) is 5.98. The molecule has 2 bridgehead atoms. The molecule has 28 heavy (non-hydrogen) atoms. The van der Waals surface area contributed by atoms with Gasteiger partial charge in [0.05, 0.1) is 25.0 Å². The SMILES string of the molecule is CS(=O)(=O)N[C@H]1CCN2C(=O)COc3ncccc3C3CCC(CC3)OCC12. The van der Waals surface area contributed by atoms with Crippen LogP contribution in [0.15, 0.2) is 18.3 Å². The highest BCUT2D eigenvalue weighted by Gasteiger charge is 2.40. The molecule has 3 aliphatic heterocycles. The van der Waals surface area contributed by atoms with Crippen molar-refractivity contribution >= 4 is 15.9 Å². The van der Waals surface area contributed by atoms with Gasteiger partial charge in [-0.15, -0.1) is 0 Å². The third kappa shape index (κ3) is 4.31. The fraction of sp³-hybridized carbons (Fsp3) is 0.684. The standard InChI is InChI=1S/C19H27N3O5S/c1-28(24,25)21-16-8-10-22-17(16)11-26-14-6-4-13(5-7-14)15-3-2-9-20-19(15)27-12-18(22)23/h2-3,9,13-14,16-17,21H,4-8,10-12H2,1H3/t13?,14?,16-,17?/m0/s1. The van der Waals surface area contributed by atoms with Crippen LogP contribution in [0.3, 0.4) is 0 Å². The molecule has 1 saturated heterocycles. The molecule has 4 heterocycles. The first-order valence-corrected chi connectivity index (χ1v) is 11.8. The smallest absolute Gasteiger partial charge is 0.260 e. The number of rotatable bonds is 2. The van der Waals surface area contributed by atoms with E-state index in [1.165, 1.54) is 0 Å². The summed E-state index contributed by atoms with van der Waals surface area (Å²) in [6, 6.07) is 3.27. The van der Waals surface area contributed by atoms with Gasteiger partial charge in [0.2, 0.25) is 15.9 Å². The number of aromatic nitrogens is 1. The van der Waals surface area contributed by atoms with Crippen molar-refractivity contribution in [3.8, 4) is 5.88 Å². The summed E-state index contributed by atoms with van der Waals surface area (Å²) in [5, 5.41) is 0. The minimum absolute atomic E-state index is 0.109. The van der Waals surface area contributed by atoms with Gasteiger partial charge >= 0.3 is 0 Å². The summed E-state index contributed by atoms with van der Waals surface area (Å²) >= 11 is 0. The van der Waals surface area contributed by atoms with Crippen LogP contribution >= 0.6 is 0 Å². The van der Waals surface area contributed by atoms with Crippen LogP contribution in [0, 0.1) is 0 Å². The van der Waals surface area contributed by atoms with E-state index >= 15 is 0 Å². The topological polar surface area (TPSA) is 97.8 Å². The molecule has 0 spiro atoms. The van der Waals surface area contributed by atoms with Gasteiger partial charge in [-0.3, -0.25) is 4.79 Å². The zero-order valence-corrected chi connectivity index (χ0v) is 16.9. The largest absolute Gasteiger partial charge is 0.467 e. The van der Waals surface area contributed by atoms with E-state index < -0.39 is 10.0 Å². The highest BCUT2D eigenvalue weighted by Crippen LogP contribution is 2.38. The molecule has 154 valence electrons. The Bertz CT molecular complexity index is 823. The predicted molar refractivity (Wildman–Crippen MR) is 103 cm³/mol. The van der Waals surface area contributed by atoms with Crippen molar-refractivity contribution in [2.45, 2.75) is 56.2 Å². The molecule has 1 amide bonds. The van der Waals surface area contributed by atoms with E-state index in [-0.39, 0.29) is 30.7 Å². The van der Waals surface area contributed by atoms with Crippen molar-refractivity contribution in [3.63, 3.8) is 0 Å². The van der Waals surface area contributed by atoms with Crippen LogP contribution in [0.1, 0.15) is 43.6 Å². The number of nitrogens with one attached hydrogen (secondary N) is 1. The third-order valence-corrected chi connectivity index (χ3v) is 6.71. The van der Waals surface area contributed by atoms with E-state index in [1.807, 2.05) is 12.1 Å². The average Bonchev–Trinajstić information content (AvgIpc) is 3.05. The summed E-state index contributed by atoms with van der Waals surface area (Å²) in [5.74, 6) is 0.717. The van der Waals surface area contributed by atoms with Gasteiger partial charge in [0.1, 0.15) is 0 Å². The van der Waals surface area contributed by atoms with E-state index in [0.29, 0.717) is 31.4 Å². The molecule has 2 fully saturated rings. The lowest BCUT2D eigenvalue weighted by Crippen LogP contribution is -2.50. The van der Waals surface area contributed by atoms with E-state index in [4.69, 9.17) is 9.47 Å². The van der Waals surface area contributed by atoms with Gasteiger partial charge in [-0.2, -0.15) is 0 Å². The molecular formula is C19H27N3O5S. The molecule has 5 rings (SSSR count). The molecule has 8 nitrogen and oxygen atoms in total. The van der Waals surface area contributed by atoms with Crippen LogP contribution in [-0.2, 0) is 19.6 Å². The summed E-state index contributed by atoms with van der Waals surface area (Å²) in [4.78, 5) is 18.9. The second-order valence-corrected chi connectivity index (χ2v) is 9.71. The summed E-state index contributed by atoms with van der Waals surface area (Å²) in [7, 11) is -3.37. The minimum atomic E-state index is -3.37. The molecule has 1 aromatic heterocycles. The maximum Gasteiger partial charge on any atom is 0.260 e. The van der Waals surface area contributed by atoms with Gasteiger partial charge in [0, 0.05) is 24.3 Å². The number of fused-ring (bicyclic) bond motifs is 5. The van der Waals surface area contributed by atoms with Crippen molar-refractivity contribution in [1.82, 2.24) is 14.6 Å². The number of hydrogen-bond acceptors (Lipinski definition) is 6. The number of pyridine rings is 1. The second-order valence-electron chi connectivity index (χ2n) is 7.93. The summed E-state index contributed by atoms with van der Waals surface area (Å²) in [6.45, 7) is 0.702. The van der Waals surface area contributed by atoms with Crippen LogP contribution in [0.5, 0.6) is 5.88 Å². The van der Waals surface area contributed by atoms with Gasteiger partial charge in [-0.05, 0) is 44.1 Å². The lowest BCUT2D eigenvalue weighted by atomic mass is 9.83. The van der Waals surface area contributed by atoms with Crippen molar-refractivity contribution in [2.75, 3.05) is 26.0 Å². The minimum Gasteiger partial charge on any atom is -0.467 e. The molecule has 1 saturated carbocycles. The zero-order valence-electron chi connectivity index (χ0n) is 16.0. The molecule has 1 unspecified atom stereocenters. The first-order valence-electron chi connectivity index (χ1n) is 9.87. The number of carbonyl (C=O) groups is 1. The summed E-state index contributed by atoms with van der Waals surface area (Å²) in [6.07, 6.45) is 7.36. The Balaban J connectivity index is 1.59. The van der Waals surface area contributed by atoms with Crippen LogP contribution in [-0.4, -0.2) is 68.4 Å². The van der Waals surface area contributed by atoms with Gasteiger partial charge < -0.3 is 14.4 Å². The highest BCUT2D eigenvalue weighted by molar-refractivity contribution is 7.88. The highest BCUT2D eigenvalue weighted by atomic mass is 32.2. The van der Waals surface area contributed by atoms with Crippen LogP contribution < -0.4 is 9.46 Å². The van der Waals surface area contributed by atoms with Crippen molar-refractivity contribution < 1.29 is 22.7 Å². The Kier molecular flexibility index (Phi) is 5.57. The molecule has 9 heteroatoms. The zero-order chi connectivity index (χ0) is 19.7. The van der Waals surface area contributed by atoms with Gasteiger partial charge in [0.25, 0.3) is 5.91 Å². The van der Waals surface area contributed by atoms with Crippen molar-refractivity contribution in [2.24, 2.45) is 0 Å². The Hall–Kier alpha value is -1.71. The Labute approximate surface area is 165 Å². The Morgan fingerprint density at radius 2 is 2.00 bits per heavy atom.